The van der Waals surface area contributed by atoms with Crippen LogP contribution in [0.2, 0.25) is 5.02 Å². The van der Waals surface area contributed by atoms with Crippen LogP contribution in [0.25, 0.3) is 0 Å². The Labute approximate surface area is 105 Å². The molecule has 0 aliphatic carbocycles. The Hall–Kier alpha value is -1.33. The molecule has 0 spiro atoms. The van der Waals surface area contributed by atoms with E-state index in [2.05, 4.69) is 12.2 Å². The molecule has 0 atom stereocenters. The van der Waals surface area contributed by atoms with Crippen LogP contribution in [0.5, 0.6) is 5.75 Å². The first-order valence-corrected chi connectivity index (χ1v) is 5.81. The molecule has 1 rings (SSSR count). The second-order valence-electron chi connectivity index (χ2n) is 3.44. The predicted molar refractivity (Wildman–Crippen MR) is 66.8 cm³/mol. The van der Waals surface area contributed by atoms with Crippen molar-refractivity contribution in [2.24, 2.45) is 0 Å². The van der Waals surface area contributed by atoms with Gasteiger partial charge in [0, 0.05) is 12.6 Å². The molecule has 0 heterocycles. The van der Waals surface area contributed by atoms with Gasteiger partial charge in [0.25, 0.3) is 0 Å². The first-order chi connectivity index (χ1) is 8.16. The van der Waals surface area contributed by atoms with Crippen LogP contribution in [0.4, 0.5) is 5.69 Å². The van der Waals surface area contributed by atoms with E-state index in [1.807, 2.05) is 0 Å². The average molecular weight is 259 g/mol. The van der Waals surface area contributed by atoms with Crippen molar-refractivity contribution in [1.29, 1.82) is 0 Å². The second kappa shape index (κ2) is 7.09. The van der Waals surface area contributed by atoms with Gasteiger partial charge >= 0.3 is 5.69 Å². The molecule has 0 saturated heterocycles. The minimum absolute atomic E-state index is 0.104. The van der Waals surface area contributed by atoms with E-state index < -0.39 is 4.92 Å². The number of hydrogen-bond donors (Lipinski definition) is 1. The molecule has 0 radical (unpaired) electrons. The lowest BCUT2D eigenvalue weighted by atomic mass is 10.3. The summed E-state index contributed by atoms with van der Waals surface area (Å²) in [5.74, 6) is 0.137. The van der Waals surface area contributed by atoms with Gasteiger partial charge in [0.1, 0.15) is 6.61 Å². The predicted octanol–water partition coefficient (Wildman–Crippen LogP) is 2.63. The highest BCUT2D eigenvalue weighted by Crippen LogP contribution is 2.34. The molecule has 0 aliphatic heterocycles. The Morgan fingerprint density at radius 1 is 1.47 bits per heavy atom. The number of hydrogen-bond acceptors (Lipinski definition) is 4. The lowest BCUT2D eigenvalue weighted by molar-refractivity contribution is -0.385. The van der Waals surface area contributed by atoms with Crippen LogP contribution in [-0.2, 0) is 0 Å². The molecule has 17 heavy (non-hydrogen) atoms. The third-order valence-corrected chi connectivity index (χ3v) is 2.39. The molecule has 0 fully saturated rings. The zero-order valence-corrected chi connectivity index (χ0v) is 10.4. The van der Waals surface area contributed by atoms with E-state index in [-0.39, 0.29) is 16.5 Å². The average Bonchev–Trinajstić information content (AvgIpc) is 2.30. The maximum absolute atomic E-state index is 10.8. The number of ether oxygens (including phenoxy) is 1. The van der Waals surface area contributed by atoms with E-state index >= 15 is 0 Å². The Morgan fingerprint density at radius 2 is 2.24 bits per heavy atom. The molecule has 0 aliphatic rings. The molecule has 6 heteroatoms. The van der Waals surface area contributed by atoms with Crippen molar-refractivity contribution in [2.45, 2.75) is 13.3 Å². The molecule has 1 N–H and O–H groups in total. The summed E-state index contributed by atoms with van der Waals surface area (Å²) >= 11 is 5.86. The number of nitrogens with zero attached hydrogens (tertiary/aromatic N) is 1. The summed E-state index contributed by atoms with van der Waals surface area (Å²) in [6.07, 6.45) is 1.03. The van der Waals surface area contributed by atoms with Gasteiger partial charge in [-0.2, -0.15) is 0 Å². The zero-order chi connectivity index (χ0) is 12.7. The van der Waals surface area contributed by atoms with Gasteiger partial charge < -0.3 is 10.1 Å². The van der Waals surface area contributed by atoms with Crippen molar-refractivity contribution in [2.75, 3.05) is 19.7 Å². The van der Waals surface area contributed by atoms with Crippen molar-refractivity contribution in [3.05, 3.63) is 33.3 Å². The van der Waals surface area contributed by atoms with Crippen molar-refractivity contribution >= 4 is 17.3 Å². The van der Waals surface area contributed by atoms with Crippen LogP contribution in [0.1, 0.15) is 13.3 Å². The molecule has 0 amide bonds. The number of nitro benzene ring substituents is 1. The summed E-state index contributed by atoms with van der Waals surface area (Å²) in [6, 6.07) is 4.48. The fourth-order valence-electron chi connectivity index (χ4n) is 1.31. The van der Waals surface area contributed by atoms with Crippen LogP contribution in [0.3, 0.4) is 0 Å². The largest absolute Gasteiger partial charge is 0.484 e. The standard InChI is InChI=1S/C11H15ClN2O3/c1-2-6-13-7-8-17-11-9(12)4-3-5-10(11)14(15)16/h3-5,13H,2,6-8H2,1H3. The van der Waals surface area contributed by atoms with E-state index in [0.29, 0.717) is 13.2 Å². The molecule has 0 aromatic heterocycles. The highest BCUT2D eigenvalue weighted by atomic mass is 35.5. The Morgan fingerprint density at radius 3 is 2.88 bits per heavy atom. The van der Waals surface area contributed by atoms with Crippen LogP contribution in [0.15, 0.2) is 18.2 Å². The highest BCUT2D eigenvalue weighted by Gasteiger charge is 2.17. The third kappa shape index (κ3) is 4.20. The number of para-hydroxylation sites is 1. The van der Waals surface area contributed by atoms with Crippen molar-refractivity contribution < 1.29 is 9.66 Å². The topological polar surface area (TPSA) is 64.4 Å². The summed E-state index contributed by atoms with van der Waals surface area (Å²) in [7, 11) is 0. The summed E-state index contributed by atoms with van der Waals surface area (Å²) in [5, 5.41) is 14.2. The Bertz CT molecular complexity index is 385. The summed E-state index contributed by atoms with van der Waals surface area (Å²) in [4.78, 5) is 10.3. The maximum atomic E-state index is 10.8. The quantitative estimate of drug-likeness (QED) is 0.464. The molecule has 94 valence electrons. The summed E-state index contributed by atoms with van der Waals surface area (Å²) in [6.45, 7) is 3.95. The molecular weight excluding hydrogens is 244 g/mol. The monoisotopic (exact) mass is 258 g/mol. The molecule has 0 saturated carbocycles. The van der Waals surface area contributed by atoms with Gasteiger partial charge in [0.15, 0.2) is 0 Å². The number of benzene rings is 1. The fourth-order valence-corrected chi connectivity index (χ4v) is 1.54. The summed E-state index contributed by atoms with van der Waals surface area (Å²) in [5.41, 5.74) is -0.104. The normalized spacial score (nSPS) is 10.2. The van der Waals surface area contributed by atoms with Gasteiger partial charge in [-0.25, -0.2) is 0 Å². The number of nitro groups is 1. The van der Waals surface area contributed by atoms with Crippen molar-refractivity contribution in [3.8, 4) is 5.75 Å². The van der Waals surface area contributed by atoms with Gasteiger partial charge in [-0.15, -0.1) is 0 Å². The van der Waals surface area contributed by atoms with Gasteiger partial charge in [0.2, 0.25) is 5.75 Å². The first kappa shape index (κ1) is 13.7. The lowest BCUT2D eigenvalue weighted by Gasteiger charge is -2.08. The Balaban J connectivity index is 2.60. The molecule has 0 unspecified atom stereocenters. The van der Waals surface area contributed by atoms with Gasteiger partial charge in [-0.05, 0) is 19.0 Å². The fraction of sp³-hybridized carbons (Fsp3) is 0.455. The maximum Gasteiger partial charge on any atom is 0.312 e. The lowest BCUT2D eigenvalue weighted by Crippen LogP contribution is -2.21. The molecular formula is C11H15ClN2O3. The van der Waals surface area contributed by atoms with Gasteiger partial charge in [-0.3, -0.25) is 10.1 Å². The smallest absolute Gasteiger partial charge is 0.312 e. The first-order valence-electron chi connectivity index (χ1n) is 5.43. The van der Waals surface area contributed by atoms with Gasteiger partial charge in [0.05, 0.1) is 9.95 Å². The third-order valence-electron chi connectivity index (χ3n) is 2.09. The van der Waals surface area contributed by atoms with Crippen LogP contribution in [-0.4, -0.2) is 24.6 Å². The Kier molecular flexibility index (Phi) is 5.72. The number of rotatable bonds is 7. The van der Waals surface area contributed by atoms with E-state index in [4.69, 9.17) is 16.3 Å². The van der Waals surface area contributed by atoms with Crippen LogP contribution in [0, 0.1) is 10.1 Å². The van der Waals surface area contributed by atoms with Crippen molar-refractivity contribution in [1.82, 2.24) is 5.32 Å². The van der Waals surface area contributed by atoms with E-state index in [1.54, 1.807) is 6.07 Å². The number of nitrogens with one attached hydrogen (secondary N) is 1. The molecule has 1 aromatic rings. The minimum atomic E-state index is -0.499. The van der Waals surface area contributed by atoms with E-state index in [9.17, 15) is 10.1 Å². The molecule has 1 aromatic carbocycles. The second-order valence-corrected chi connectivity index (χ2v) is 3.85. The van der Waals surface area contributed by atoms with E-state index in [1.165, 1.54) is 12.1 Å². The van der Waals surface area contributed by atoms with Crippen LogP contribution >= 0.6 is 11.6 Å². The van der Waals surface area contributed by atoms with Gasteiger partial charge in [-0.1, -0.05) is 24.6 Å². The van der Waals surface area contributed by atoms with E-state index in [0.717, 1.165) is 13.0 Å². The zero-order valence-electron chi connectivity index (χ0n) is 9.61. The minimum Gasteiger partial charge on any atom is -0.484 e. The number of halogens is 1. The SMILES string of the molecule is CCCNCCOc1c(Cl)cccc1[N+](=O)[O-]. The molecule has 5 nitrogen and oxygen atoms in total. The summed E-state index contributed by atoms with van der Waals surface area (Å²) < 4.78 is 5.34. The molecule has 0 bridgehead atoms. The van der Waals surface area contributed by atoms with Crippen molar-refractivity contribution in [3.63, 3.8) is 0 Å². The highest BCUT2D eigenvalue weighted by molar-refractivity contribution is 6.32. The van der Waals surface area contributed by atoms with Crippen LogP contribution < -0.4 is 10.1 Å².